The number of rotatable bonds is 3. The van der Waals surface area contributed by atoms with Crippen molar-refractivity contribution < 1.29 is 17.7 Å². The summed E-state index contributed by atoms with van der Waals surface area (Å²) in [5.74, 6) is 0.144. The lowest BCUT2D eigenvalue weighted by Crippen LogP contribution is -2.05. The number of aromatic nitrogens is 3. The Morgan fingerprint density at radius 2 is 2.00 bits per heavy atom. The number of anilines is 2. The van der Waals surface area contributed by atoms with Crippen molar-refractivity contribution in [3.05, 3.63) is 58.5 Å². The number of benzene rings is 1. The average Bonchev–Trinajstić information content (AvgIpc) is 2.95. The van der Waals surface area contributed by atoms with Crippen LogP contribution in [0.15, 0.2) is 51.9 Å². The number of halogens is 3. The molecule has 0 fully saturated rings. The minimum Gasteiger partial charge on any atom is -0.329 e. The minimum absolute atomic E-state index is 0.0837. The molecule has 2 aromatic heterocycles. The number of pyridine rings is 1. The van der Waals surface area contributed by atoms with Gasteiger partial charge < -0.3 is 14.8 Å². The van der Waals surface area contributed by atoms with Gasteiger partial charge in [0.2, 0.25) is 11.4 Å². The summed E-state index contributed by atoms with van der Waals surface area (Å²) in [7, 11) is 0. The van der Waals surface area contributed by atoms with Crippen molar-refractivity contribution in [2.24, 2.45) is 0 Å². The third-order valence-electron chi connectivity index (χ3n) is 2.90. The summed E-state index contributed by atoms with van der Waals surface area (Å²) in [5, 5.41) is 6.27. The summed E-state index contributed by atoms with van der Waals surface area (Å²) in [6.45, 7) is 0. The van der Waals surface area contributed by atoms with Crippen LogP contribution in [-0.4, -0.2) is 15.1 Å². The molecule has 9 heteroatoms. The summed E-state index contributed by atoms with van der Waals surface area (Å²) in [6, 6.07) is 7.35. The van der Waals surface area contributed by atoms with E-state index in [0.717, 1.165) is 12.1 Å². The molecule has 3 rings (SSSR count). The zero-order valence-electron chi connectivity index (χ0n) is 11.4. The number of nitrogens with zero attached hydrogens (tertiary/aromatic N) is 2. The summed E-state index contributed by atoms with van der Waals surface area (Å²) >= 11 is 0. The molecule has 6 nitrogen and oxygen atoms in total. The Hall–Kier alpha value is -3.10. The zero-order chi connectivity index (χ0) is 16.4. The van der Waals surface area contributed by atoms with Gasteiger partial charge in [0.05, 0.1) is 5.56 Å². The van der Waals surface area contributed by atoms with E-state index < -0.39 is 11.7 Å². The molecule has 118 valence electrons. The molecule has 0 bridgehead atoms. The minimum atomic E-state index is -4.44. The van der Waals surface area contributed by atoms with Crippen molar-refractivity contribution in [1.29, 1.82) is 0 Å². The first-order chi connectivity index (χ1) is 10.9. The van der Waals surface area contributed by atoms with Crippen molar-refractivity contribution in [3.8, 4) is 11.4 Å². The molecule has 2 N–H and O–H groups in total. The molecule has 2 heterocycles. The Labute approximate surface area is 127 Å². The van der Waals surface area contributed by atoms with E-state index in [9.17, 15) is 18.0 Å². The zero-order valence-corrected chi connectivity index (χ0v) is 11.4. The predicted octanol–water partition coefficient (Wildman–Crippen LogP) is 3.19. The quantitative estimate of drug-likeness (QED) is 0.774. The Balaban J connectivity index is 1.84. The highest BCUT2D eigenvalue weighted by Crippen LogP contribution is 2.31. The van der Waals surface area contributed by atoms with Crippen LogP contribution in [0.25, 0.3) is 11.4 Å². The largest absolute Gasteiger partial charge is 0.416 e. The third kappa shape index (κ3) is 3.39. The molecule has 3 aromatic rings. The second-order valence-electron chi connectivity index (χ2n) is 4.57. The highest BCUT2D eigenvalue weighted by Gasteiger charge is 2.30. The number of alkyl halides is 3. The van der Waals surface area contributed by atoms with Gasteiger partial charge in [-0.25, -0.2) is 0 Å². The molecule has 0 atom stereocenters. The first-order valence-electron chi connectivity index (χ1n) is 6.39. The second-order valence-corrected chi connectivity index (χ2v) is 4.57. The molecule has 0 spiro atoms. The summed E-state index contributed by atoms with van der Waals surface area (Å²) in [4.78, 5) is 17.7. The average molecular weight is 322 g/mol. The molecule has 0 amide bonds. The van der Waals surface area contributed by atoms with E-state index in [1.165, 1.54) is 24.4 Å². The van der Waals surface area contributed by atoms with Gasteiger partial charge in [0, 0.05) is 23.5 Å². The number of hydrogen-bond acceptors (Lipinski definition) is 5. The van der Waals surface area contributed by atoms with Gasteiger partial charge in [-0.05, 0) is 24.3 Å². The van der Waals surface area contributed by atoms with Gasteiger partial charge in [-0.3, -0.25) is 4.79 Å². The fourth-order valence-corrected chi connectivity index (χ4v) is 1.87. The maximum absolute atomic E-state index is 12.7. The topological polar surface area (TPSA) is 83.8 Å². The van der Waals surface area contributed by atoms with Crippen molar-refractivity contribution in [2.45, 2.75) is 6.18 Å². The molecule has 0 saturated carbocycles. The third-order valence-corrected chi connectivity index (χ3v) is 2.90. The number of aromatic amines is 1. The number of H-pyrrole nitrogens is 1. The van der Waals surface area contributed by atoms with E-state index >= 15 is 0 Å². The van der Waals surface area contributed by atoms with Gasteiger partial charge in [0.1, 0.15) is 0 Å². The Morgan fingerprint density at radius 1 is 1.17 bits per heavy atom. The van der Waals surface area contributed by atoms with E-state index in [1.54, 1.807) is 6.07 Å². The van der Waals surface area contributed by atoms with E-state index in [1.807, 2.05) is 0 Å². The fourth-order valence-electron chi connectivity index (χ4n) is 1.87. The molecule has 0 unspecified atom stereocenters. The van der Waals surface area contributed by atoms with E-state index in [2.05, 4.69) is 20.4 Å². The fraction of sp³-hybridized carbons (Fsp3) is 0.0714. The number of hydrogen-bond donors (Lipinski definition) is 2. The maximum Gasteiger partial charge on any atom is 0.416 e. The molecule has 0 radical (unpaired) electrons. The summed E-state index contributed by atoms with van der Waals surface area (Å²) < 4.78 is 42.9. The van der Waals surface area contributed by atoms with E-state index in [-0.39, 0.29) is 23.1 Å². The smallest absolute Gasteiger partial charge is 0.329 e. The molecule has 1 aromatic carbocycles. The van der Waals surface area contributed by atoms with E-state index in [4.69, 9.17) is 4.52 Å². The monoisotopic (exact) mass is 322 g/mol. The van der Waals surface area contributed by atoms with Crippen LogP contribution in [-0.2, 0) is 6.18 Å². The predicted molar refractivity (Wildman–Crippen MR) is 75.1 cm³/mol. The maximum atomic E-state index is 12.7. The van der Waals surface area contributed by atoms with Crippen LogP contribution < -0.4 is 10.9 Å². The standard InChI is InChI=1S/C14H9F3N4O2/c15-14(16,17)9-2-1-3-10(7-9)19-13-20-12(21-23-13)8-4-5-18-11(22)6-8/h1-7H,(H,18,22)(H,19,20,21). The van der Waals surface area contributed by atoms with E-state index in [0.29, 0.717) is 5.56 Å². The first kappa shape index (κ1) is 14.8. The van der Waals surface area contributed by atoms with Crippen molar-refractivity contribution in [3.63, 3.8) is 0 Å². The van der Waals surface area contributed by atoms with Crippen LogP contribution in [0.2, 0.25) is 0 Å². The summed E-state index contributed by atoms with van der Waals surface area (Å²) in [5.41, 5.74) is -0.549. The molecule has 0 aliphatic rings. The lowest BCUT2D eigenvalue weighted by Gasteiger charge is -2.08. The van der Waals surface area contributed by atoms with Crippen molar-refractivity contribution in [1.82, 2.24) is 15.1 Å². The van der Waals surface area contributed by atoms with Crippen LogP contribution in [0, 0.1) is 0 Å². The highest BCUT2D eigenvalue weighted by molar-refractivity contribution is 5.58. The Kier molecular flexibility index (Phi) is 3.61. The Morgan fingerprint density at radius 3 is 2.74 bits per heavy atom. The van der Waals surface area contributed by atoms with Crippen molar-refractivity contribution in [2.75, 3.05) is 5.32 Å². The van der Waals surface area contributed by atoms with Gasteiger partial charge in [-0.15, -0.1) is 0 Å². The molecular formula is C14H9F3N4O2. The Bertz CT molecular complexity index is 886. The van der Waals surface area contributed by atoms with Crippen LogP contribution >= 0.6 is 0 Å². The van der Waals surface area contributed by atoms with Gasteiger partial charge in [0.25, 0.3) is 0 Å². The summed E-state index contributed by atoms with van der Waals surface area (Å²) in [6.07, 6.45) is -3.02. The van der Waals surface area contributed by atoms with Gasteiger partial charge >= 0.3 is 12.2 Å². The first-order valence-corrected chi connectivity index (χ1v) is 6.39. The molecule has 23 heavy (non-hydrogen) atoms. The van der Waals surface area contributed by atoms with Gasteiger partial charge in [-0.1, -0.05) is 11.2 Å². The van der Waals surface area contributed by atoms with Crippen LogP contribution in [0.4, 0.5) is 24.9 Å². The van der Waals surface area contributed by atoms with Crippen molar-refractivity contribution >= 4 is 11.7 Å². The van der Waals surface area contributed by atoms with Gasteiger partial charge in [-0.2, -0.15) is 18.2 Å². The molecule has 0 aliphatic heterocycles. The second kappa shape index (κ2) is 5.59. The highest BCUT2D eigenvalue weighted by atomic mass is 19.4. The van der Waals surface area contributed by atoms with Crippen LogP contribution in [0.5, 0.6) is 0 Å². The SMILES string of the molecule is O=c1cc(-c2noc(Nc3cccc(C(F)(F)F)c3)n2)cc[nH]1. The normalized spacial score (nSPS) is 11.4. The molecule has 0 saturated heterocycles. The van der Waals surface area contributed by atoms with Crippen LogP contribution in [0.1, 0.15) is 5.56 Å². The molecular weight excluding hydrogens is 313 g/mol. The van der Waals surface area contributed by atoms with Crippen LogP contribution in [0.3, 0.4) is 0 Å². The molecule has 0 aliphatic carbocycles. The number of nitrogens with one attached hydrogen (secondary N) is 2. The lowest BCUT2D eigenvalue weighted by atomic mass is 10.2. The lowest BCUT2D eigenvalue weighted by molar-refractivity contribution is -0.137. The van der Waals surface area contributed by atoms with Gasteiger partial charge in [0.15, 0.2) is 0 Å².